The molecule has 21 heavy (non-hydrogen) atoms. The zero-order valence-electron chi connectivity index (χ0n) is 11.9. The minimum atomic E-state index is -4.44. The van der Waals surface area contributed by atoms with Gasteiger partial charge in [0.1, 0.15) is 0 Å². The Morgan fingerprint density at radius 2 is 1.81 bits per heavy atom. The van der Waals surface area contributed by atoms with Crippen LogP contribution in [-0.2, 0) is 6.18 Å². The van der Waals surface area contributed by atoms with Crippen LogP contribution in [0.4, 0.5) is 30.2 Å². The summed E-state index contributed by atoms with van der Waals surface area (Å²) in [6, 6.07) is 11.3. The molecule has 0 saturated heterocycles. The van der Waals surface area contributed by atoms with Gasteiger partial charge in [-0.2, -0.15) is 13.2 Å². The molecular weight excluding hydrogens is 277 g/mol. The molecule has 0 fully saturated rings. The van der Waals surface area contributed by atoms with Gasteiger partial charge in [0.25, 0.3) is 0 Å². The highest BCUT2D eigenvalue weighted by Crippen LogP contribution is 2.40. The maximum Gasteiger partial charge on any atom is 0.418 e. The van der Waals surface area contributed by atoms with E-state index in [4.69, 9.17) is 5.73 Å². The number of hydrogen-bond donors (Lipinski definition) is 1. The van der Waals surface area contributed by atoms with Crippen LogP contribution in [-0.4, -0.2) is 6.54 Å². The number of nitrogens with zero attached hydrogens (tertiary/aromatic N) is 1. The van der Waals surface area contributed by atoms with Gasteiger partial charge in [-0.15, -0.1) is 0 Å². The highest BCUT2D eigenvalue weighted by molar-refractivity contribution is 5.69. The molecule has 0 bridgehead atoms. The molecule has 2 aromatic rings. The van der Waals surface area contributed by atoms with Crippen molar-refractivity contribution in [2.24, 2.45) is 0 Å². The number of rotatable bonds is 3. The normalized spacial score (nSPS) is 11.5. The van der Waals surface area contributed by atoms with Crippen LogP contribution >= 0.6 is 0 Å². The summed E-state index contributed by atoms with van der Waals surface area (Å²) in [7, 11) is 0. The summed E-state index contributed by atoms with van der Waals surface area (Å²) < 4.78 is 39.7. The van der Waals surface area contributed by atoms with Crippen LogP contribution in [0.1, 0.15) is 18.1 Å². The number of hydrogen-bond acceptors (Lipinski definition) is 2. The van der Waals surface area contributed by atoms with Crippen molar-refractivity contribution in [3.63, 3.8) is 0 Å². The van der Waals surface area contributed by atoms with Crippen LogP contribution in [0.2, 0.25) is 0 Å². The predicted molar refractivity (Wildman–Crippen MR) is 79.7 cm³/mol. The van der Waals surface area contributed by atoms with E-state index in [-0.39, 0.29) is 11.4 Å². The molecule has 0 atom stereocenters. The molecule has 0 saturated carbocycles. The molecule has 0 aliphatic carbocycles. The smallest absolute Gasteiger partial charge is 0.399 e. The van der Waals surface area contributed by atoms with Gasteiger partial charge >= 0.3 is 6.18 Å². The zero-order valence-corrected chi connectivity index (χ0v) is 11.9. The van der Waals surface area contributed by atoms with Gasteiger partial charge in [0, 0.05) is 17.9 Å². The van der Waals surface area contributed by atoms with Crippen molar-refractivity contribution in [3.8, 4) is 0 Å². The maximum absolute atomic E-state index is 13.2. The number of alkyl halides is 3. The molecule has 2 N–H and O–H groups in total. The number of benzene rings is 2. The number of nitrogens with two attached hydrogens (primary N) is 1. The number of aryl methyl sites for hydroxylation is 1. The molecule has 2 rings (SSSR count). The quantitative estimate of drug-likeness (QED) is 0.827. The Morgan fingerprint density at radius 3 is 2.38 bits per heavy atom. The molecule has 0 aromatic heterocycles. The van der Waals surface area contributed by atoms with Gasteiger partial charge in [-0.3, -0.25) is 0 Å². The summed E-state index contributed by atoms with van der Waals surface area (Å²) in [6.45, 7) is 4.15. The molecule has 0 amide bonds. The molecule has 0 aliphatic heterocycles. The Hall–Kier alpha value is -2.17. The molecule has 0 aliphatic rings. The third-order valence-electron chi connectivity index (χ3n) is 3.25. The standard InChI is InChI=1S/C16H17F3N2/c1-3-21(13-6-4-5-11(2)9-13)15-8-7-12(20)10-14(15)16(17,18)19/h4-10H,3,20H2,1-2H3. The van der Waals surface area contributed by atoms with Crippen molar-refractivity contribution in [3.05, 3.63) is 53.6 Å². The first kappa shape index (κ1) is 15.2. The lowest BCUT2D eigenvalue weighted by atomic mass is 10.1. The minimum absolute atomic E-state index is 0.103. The molecular formula is C16H17F3N2. The van der Waals surface area contributed by atoms with E-state index in [2.05, 4.69) is 0 Å². The Kier molecular flexibility index (Phi) is 4.11. The van der Waals surface area contributed by atoms with Gasteiger partial charge in [-0.25, -0.2) is 0 Å². The van der Waals surface area contributed by atoms with E-state index in [1.165, 1.54) is 12.1 Å². The summed E-state index contributed by atoms with van der Waals surface area (Å²) in [5.41, 5.74) is 6.74. The van der Waals surface area contributed by atoms with E-state index in [0.29, 0.717) is 6.54 Å². The Morgan fingerprint density at radius 1 is 1.10 bits per heavy atom. The predicted octanol–water partition coefficient (Wildman–Crippen LogP) is 4.75. The van der Waals surface area contributed by atoms with Crippen molar-refractivity contribution >= 4 is 17.1 Å². The number of halogens is 3. The van der Waals surface area contributed by atoms with Crippen LogP contribution < -0.4 is 10.6 Å². The summed E-state index contributed by atoms with van der Waals surface area (Å²) in [6.07, 6.45) is -4.44. The monoisotopic (exact) mass is 294 g/mol. The van der Waals surface area contributed by atoms with Crippen molar-refractivity contribution < 1.29 is 13.2 Å². The largest absolute Gasteiger partial charge is 0.418 e. The van der Waals surface area contributed by atoms with Crippen LogP contribution in [0.3, 0.4) is 0 Å². The molecule has 5 heteroatoms. The van der Waals surface area contributed by atoms with Gasteiger partial charge in [0.05, 0.1) is 11.3 Å². The van der Waals surface area contributed by atoms with E-state index >= 15 is 0 Å². The van der Waals surface area contributed by atoms with Gasteiger partial charge in [0.15, 0.2) is 0 Å². The van der Waals surface area contributed by atoms with Gasteiger partial charge in [-0.05, 0) is 49.7 Å². The molecule has 0 radical (unpaired) electrons. The highest BCUT2D eigenvalue weighted by atomic mass is 19.4. The van der Waals surface area contributed by atoms with Crippen LogP contribution in [0.25, 0.3) is 0 Å². The number of nitrogen functional groups attached to an aromatic ring is 1. The molecule has 0 spiro atoms. The average molecular weight is 294 g/mol. The molecule has 2 nitrogen and oxygen atoms in total. The number of anilines is 3. The first-order valence-corrected chi connectivity index (χ1v) is 6.64. The zero-order chi connectivity index (χ0) is 15.6. The third-order valence-corrected chi connectivity index (χ3v) is 3.25. The fourth-order valence-corrected chi connectivity index (χ4v) is 2.30. The SMILES string of the molecule is CCN(c1cccc(C)c1)c1ccc(N)cc1C(F)(F)F. The highest BCUT2D eigenvalue weighted by Gasteiger charge is 2.35. The van der Waals surface area contributed by atoms with Crippen molar-refractivity contribution in [1.29, 1.82) is 0 Å². The lowest BCUT2D eigenvalue weighted by molar-refractivity contribution is -0.137. The lowest BCUT2D eigenvalue weighted by Crippen LogP contribution is -2.21. The fraction of sp³-hybridized carbons (Fsp3) is 0.250. The molecule has 0 unspecified atom stereocenters. The molecule has 112 valence electrons. The Balaban J connectivity index is 2.58. The Labute approximate surface area is 122 Å². The van der Waals surface area contributed by atoms with Gasteiger partial charge < -0.3 is 10.6 Å². The third kappa shape index (κ3) is 3.29. The van der Waals surface area contributed by atoms with Crippen LogP contribution in [0.5, 0.6) is 0 Å². The minimum Gasteiger partial charge on any atom is -0.399 e. The first-order valence-electron chi connectivity index (χ1n) is 6.64. The average Bonchev–Trinajstić information content (AvgIpc) is 2.40. The topological polar surface area (TPSA) is 29.3 Å². The summed E-state index contributed by atoms with van der Waals surface area (Å²) >= 11 is 0. The van der Waals surface area contributed by atoms with Crippen LogP contribution in [0.15, 0.2) is 42.5 Å². The second-order valence-corrected chi connectivity index (χ2v) is 4.86. The van der Waals surface area contributed by atoms with Crippen molar-refractivity contribution in [2.45, 2.75) is 20.0 Å². The van der Waals surface area contributed by atoms with E-state index in [1.807, 2.05) is 32.0 Å². The van der Waals surface area contributed by atoms with E-state index < -0.39 is 11.7 Å². The van der Waals surface area contributed by atoms with Gasteiger partial charge in [0.2, 0.25) is 0 Å². The Bertz CT molecular complexity index is 636. The second kappa shape index (κ2) is 5.68. The van der Waals surface area contributed by atoms with E-state index in [1.54, 1.807) is 11.0 Å². The summed E-state index contributed by atoms with van der Waals surface area (Å²) in [5, 5.41) is 0. The van der Waals surface area contributed by atoms with E-state index in [9.17, 15) is 13.2 Å². The lowest BCUT2D eigenvalue weighted by Gasteiger charge is -2.27. The van der Waals surface area contributed by atoms with Crippen molar-refractivity contribution in [2.75, 3.05) is 17.2 Å². The first-order chi connectivity index (χ1) is 9.82. The maximum atomic E-state index is 13.2. The molecule has 0 heterocycles. The van der Waals surface area contributed by atoms with Crippen molar-refractivity contribution in [1.82, 2.24) is 0 Å². The fourth-order valence-electron chi connectivity index (χ4n) is 2.30. The second-order valence-electron chi connectivity index (χ2n) is 4.86. The summed E-state index contributed by atoms with van der Waals surface area (Å²) in [5.74, 6) is 0. The van der Waals surface area contributed by atoms with Crippen LogP contribution in [0, 0.1) is 6.92 Å². The van der Waals surface area contributed by atoms with E-state index in [0.717, 1.165) is 17.3 Å². The summed E-state index contributed by atoms with van der Waals surface area (Å²) in [4.78, 5) is 1.63. The van der Waals surface area contributed by atoms with Gasteiger partial charge in [-0.1, -0.05) is 12.1 Å². The molecule has 2 aromatic carbocycles.